The van der Waals surface area contributed by atoms with Crippen LogP contribution in [-0.2, 0) is 0 Å². The number of nitrogens with zero attached hydrogens (tertiary/aromatic N) is 2. The molecule has 1 unspecified atom stereocenters. The van der Waals surface area contributed by atoms with Crippen LogP contribution in [0.1, 0.15) is 53.1 Å². The first kappa shape index (κ1) is 23.9. The highest BCUT2D eigenvalue weighted by atomic mass is 35.5. The number of hydrogen-bond donors (Lipinski definition) is 0. The summed E-state index contributed by atoms with van der Waals surface area (Å²) >= 11 is 6.17. The van der Waals surface area contributed by atoms with E-state index in [4.69, 9.17) is 25.5 Å². The zero-order valence-corrected chi connectivity index (χ0v) is 21.0. The summed E-state index contributed by atoms with van der Waals surface area (Å²) in [5, 5.41) is 0.715. The molecule has 8 heteroatoms. The Kier molecular flexibility index (Phi) is 6.41. The van der Waals surface area contributed by atoms with Crippen molar-refractivity contribution < 1.29 is 18.7 Å². The highest BCUT2D eigenvalue weighted by Gasteiger charge is 2.44. The fourth-order valence-electron chi connectivity index (χ4n) is 4.40. The van der Waals surface area contributed by atoms with Crippen molar-refractivity contribution in [2.24, 2.45) is 0 Å². The van der Waals surface area contributed by atoms with E-state index in [2.05, 4.69) is 11.9 Å². The van der Waals surface area contributed by atoms with E-state index in [1.54, 1.807) is 49.7 Å². The number of pyridine rings is 1. The summed E-state index contributed by atoms with van der Waals surface area (Å²) in [5.41, 5.74) is 1.83. The number of hydrogen-bond acceptors (Lipinski definition) is 6. The number of fused-ring (bicyclic) bond motifs is 2. The molecule has 0 bridgehead atoms. The number of methoxy groups -OCH3 is 1. The van der Waals surface area contributed by atoms with E-state index in [1.807, 2.05) is 19.1 Å². The Labute approximate surface area is 213 Å². The summed E-state index contributed by atoms with van der Waals surface area (Å²) in [6.45, 7) is 4.57. The normalized spacial score (nSPS) is 14.8. The van der Waals surface area contributed by atoms with Crippen molar-refractivity contribution in [3.8, 4) is 11.5 Å². The molecule has 5 rings (SSSR count). The number of unbranched alkanes of at least 4 members (excludes halogenated alkanes) is 1. The lowest BCUT2D eigenvalue weighted by molar-refractivity contribution is 0.0970. The average Bonchev–Trinajstić information content (AvgIpc) is 3.17. The number of anilines is 1. The molecule has 1 aliphatic heterocycles. The number of rotatable bonds is 7. The van der Waals surface area contributed by atoms with Crippen LogP contribution >= 0.6 is 11.6 Å². The van der Waals surface area contributed by atoms with E-state index in [-0.39, 0.29) is 16.8 Å². The molecule has 0 saturated heterocycles. The Morgan fingerprint density at radius 2 is 1.92 bits per heavy atom. The van der Waals surface area contributed by atoms with Crippen LogP contribution in [-0.4, -0.2) is 24.6 Å². The largest absolute Gasteiger partial charge is 0.493 e. The molecule has 36 heavy (non-hydrogen) atoms. The van der Waals surface area contributed by atoms with Crippen LogP contribution < -0.4 is 19.8 Å². The first-order valence-electron chi connectivity index (χ1n) is 11.8. The summed E-state index contributed by atoms with van der Waals surface area (Å²) in [7, 11) is 1.56. The molecular weight excluding hydrogens is 480 g/mol. The van der Waals surface area contributed by atoms with Gasteiger partial charge in [0.15, 0.2) is 16.9 Å². The van der Waals surface area contributed by atoms with Crippen molar-refractivity contribution >= 4 is 34.3 Å². The van der Waals surface area contributed by atoms with Gasteiger partial charge in [0.1, 0.15) is 11.4 Å². The number of benzene rings is 2. The molecule has 1 aliphatic rings. The summed E-state index contributed by atoms with van der Waals surface area (Å²) in [6, 6.07) is 13.0. The van der Waals surface area contributed by atoms with Gasteiger partial charge in [-0.05, 0) is 60.9 Å². The lowest BCUT2D eigenvalue weighted by Gasteiger charge is -2.25. The summed E-state index contributed by atoms with van der Waals surface area (Å²) < 4.78 is 17.5. The third-order valence-corrected chi connectivity index (χ3v) is 6.47. The maximum atomic E-state index is 13.8. The van der Waals surface area contributed by atoms with Crippen LogP contribution in [0.4, 0.5) is 5.82 Å². The van der Waals surface area contributed by atoms with Crippen molar-refractivity contribution in [1.82, 2.24) is 4.98 Å². The van der Waals surface area contributed by atoms with Gasteiger partial charge in [-0.1, -0.05) is 37.1 Å². The molecule has 184 valence electrons. The Balaban J connectivity index is 1.71. The van der Waals surface area contributed by atoms with Gasteiger partial charge < -0.3 is 13.9 Å². The van der Waals surface area contributed by atoms with Crippen LogP contribution in [0.25, 0.3) is 11.0 Å². The van der Waals surface area contributed by atoms with Crippen molar-refractivity contribution in [3.05, 3.63) is 92.4 Å². The second-order valence-electron chi connectivity index (χ2n) is 8.70. The molecule has 2 aromatic heterocycles. The summed E-state index contributed by atoms with van der Waals surface area (Å²) in [4.78, 5) is 33.4. The summed E-state index contributed by atoms with van der Waals surface area (Å²) in [6.07, 6.45) is 3.60. The van der Waals surface area contributed by atoms with Gasteiger partial charge in [0.05, 0.1) is 30.7 Å². The molecule has 3 heterocycles. The third-order valence-electron chi connectivity index (χ3n) is 6.23. The van der Waals surface area contributed by atoms with Crippen LogP contribution in [0.5, 0.6) is 11.5 Å². The topological polar surface area (TPSA) is 81.9 Å². The minimum absolute atomic E-state index is 0.00978. The van der Waals surface area contributed by atoms with Crippen LogP contribution in [0.15, 0.2) is 63.9 Å². The summed E-state index contributed by atoms with van der Waals surface area (Å²) in [5.74, 6) is 1.06. The molecule has 0 aliphatic carbocycles. The number of ether oxygens (including phenoxy) is 2. The fourth-order valence-corrected chi connectivity index (χ4v) is 4.57. The number of amides is 1. The minimum Gasteiger partial charge on any atom is -0.493 e. The minimum atomic E-state index is -0.777. The van der Waals surface area contributed by atoms with Gasteiger partial charge in [-0.15, -0.1) is 0 Å². The lowest BCUT2D eigenvalue weighted by atomic mass is 9.98. The quantitative estimate of drug-likeness (QED) is 0.283. The molecule has 0 saturated carbocycles. The van der Waals surface area contributed by atoms with Gasteiger partial charge in [-0.2, -0.15) is 0 Å². The number of halogens is 1. The number of aryl methyl sites for hydroxylation is 1. The predicted molar refractivity (Wildman–Crippen MR) is 139 cm³/mol. The second kappa shape index (κ2) is 9.66. The van der Waals surface area contributed by atoms with Gasteiger partial charge in [0.25, 0.3) is 5.91 Å². The standard InChI is InChI=1S/C28H25ClN2O5/c1-4-5-12-35-21-9-7-17(13-22(21)34-3)25-24-26(32)19-14-18(29)8-10-20(19)36-27(24)28(33)31(25)23-11-6-16(2)15-30-23/h6-11,13-15,25H,4-5,12H2,1-3H3. The van der Waals surface area contributed by atoms with Gasteiger partial charge in [-0.25, -0.2) is 4.98 Å². The second-order valence-corrected chi connectivity index (χ2v) is 9.13. The SMILES string of the molecule is CCCCOc1ccc(C2c3c(oc4ccc(Cl)cc4c3=O)C(=O)N2c2ccc(C)cn2)cc1OC. The Hall–Kier alpha value is -3.84. The van der Waals surface area contributed by atoms with Gasteiger partial charge in [0, 0.05) is 11.2 Å². The third kappa shape index (κ3) is 4.09. The van der Waals surface area contributed by atoms with Gasteiger partial charge in [-0.3, -0.25) is 14.5 Å². The highest BCUT2D eigenvalue weighted by molar-refractivity contribution is 6.31. The van der Waals surface area contributed by atoms with Crippen LogP contribution in [0.3, 0.4) is 0 Å². The van der Waals surface area contributed by atoms with Crippen molar-refractivity contribution in [2.45, 2.75) is 32.7 Å². The van der Waals surface area contributed by atoms with E-state index < -0.39 is 11.9 Å². The fraction of sp³-hybridized carbons (Fsp3) is 0.250. The molecule has 0 fully saturated rings. The van der Waals surface area contributed by atoms with Gasteiger partial charge >= 0.3 is 0 Å². The van der Waals surface area contributed by atoms with Crippen molar-refractivity contribution in [3.63, 3.8) is 0 Å². The zero-order valence-electron chi connectivity index (χ0n) is 20.2. The highest BCUT2D eigenvalue weighted by Crippen LogP contribution is 2.43. The lowest BCUT2D eigenvalue weighted by Crippen LogP contribution is -2.30. The van der Waals surface area contributed by atoms with E-state index in [0.717, 1.165) is 18.4 Å². The van der Waals surface area contributed by atoms with Gasteiger partial charge in [0.2, 0.25) is 5.76 Å². The van der Waals surface area contributed by atoms with E-state index in [9.17, 15) is 9.59 Å². The monoisotopic (exact) mass is 504 g/mol. The first-order valence-corrected chi connectivity index (χ1v) is 12.1. The predicted octanol–water partition coefficient (Wildman–Crippen LogP) is 6.09. The number of carbonyl (C=O) groups is 1. The maximum Gasteiger partial charge on any atom is 0.296 e. The molecule has 7 nitrogen and oxygen atoms in total. The molecule has 1 amide bonds. The Morgan fingerprint density at radius 3 is 2.64 bits per heavy atom. The molecular formula is C28H25ClN2O5. The van der Waals surface area contributed by atoms with E-state index in [0.29, 0.717) is 45.5 Å². The maximum absolute atomic E-state index is 13.8. The van der Waals surface area contributed by atoms with Crippen LogP contribution in [0, 0.1) is 6.92 Å². The number of aromatic nitrogens is 1. The van der Waals surface area contributed by atoms with Crippen molar-refractivity contribution in [1.29, 1.82) is 0 Å². The zero-order chi connectivity index (χ0) is 25.4. The smallest absolute Gasteiger partial charge is 0.296 e. The van der Waals surface area contributed by atoms with Crippen molar-refractivity contribution in [2.75, 3.05) is 18.6 Å². The molecule has 0 N–H and O–H groups in total. The molecule has 0 radical (unpaired) electrons. The molecule has 2 aromatic carbocycles. The first-order chi connectivity index (χ1) is 17.4. The molecule has 4 aromatic rings. The Morgan fingerprint density at radius 1 is 1.08 bits per heavy atom. The van der Waals surface area contributed by atoms with E-state index in [1.165, 1.54) is 4.90 Å². The molecule has 0 spiro atoms. The molecule has 1 atom stereocenters. The number of carbonyl (C=O) groups excluding carboxylic acids is 1. The van der Waals surface area contributed by atoms with Crippen LogP contribution in [0.2, 0.25) is 5.02 Å². The van der Waals surface area contributed by atoms with E-state index >= 15 is 0 Å². The Bertz CT molecular complexity index is 1510. The average molecular weight is 505 g/mol.